The Labute approximate surface area is 193 Å². The molecule has 5 rings (SSSR count). The first-order valence-electron chi connectivity index (χ1n) is 11.9. The molecule has 0 bridgehead atoms. The summed E-state index contributed by atoms with van der Waals surface area (Å²) in [5.74, 6) is 0.616. The van der Waals surface area contributed by atoms with Crippen LogP contribution in [0.3, 0.4) is 0 Å². The third-order valence-electron chi connectivity index (χ3n) is 6.49. The van der Waals surface area contributed by atoms with Gasteiger partial charge >= 0.3 is 0 Å². The van der Waals surface area contributed by atoms with Crippen molar-refractivity contribution in [1.82, 2.24) is 4.90 Å². The molecule has 6 heteroatoms. The molecular formula is C27H29NO5. The lowest BCUT2D eigenvalue weighted by Gasteiger charge is -2.27. The lowest BCUT2D eigenvalue weighted by Crippen LogP contribution is -2.36. The molecule has 6 nitrogen and oxygen atoms in total. The fraction of sp³-hybridized carbons (Fsp3) is 0.407. The smallest absolute Gasteiger partial charge is 0.291 e. The third kappa shape index (κ3) is 4.15. The van der Waals surface area contributed by atoms with Crippen LogP contribution >= 0.6 is 0 Å². The highest BCUT2D eigenvalue weighted by Gasteiger charge is 2.44. The molecule has 2 aliphatic heterocycles. The summed E-state index contributed by atoms with van der Waals surface area (Å²) in [5.41, 5.74) is 1.52. The molecule has 1 aromatic heterocycles. The Morgan fingerprint density at radius 1 is 1.09 bits per heavy atom. The number of carbonyl (C=O) groups is 1. The maximum Gasteiger partial charge on any atom is 0.291 e. The molecule has 0 saturated carbocycles. The minimum Gasteiger partial charge on any atom is -0.494 e. The Hall–Kier alpha value is -3.12. The second-order valence-electron chi connectivity index (χ2n) is 8.79. The number of unbranched alkanes of at least 4 members (excludes halogenated alkanes) is 2. The molecule has 2 atom stereocenters. The molecule has 0 radical (unpaired) electrons. The van der Waals surface area contributed by atoms with Crippen molar-refractivity contribution in [2.24, 2.45) is 0 Å². The van der Waals surface area contributed by atoms with Crippen molar-refractivity contribution >= 4 is 16.9 Å². The Bertz CT molecular complexity index is 1210. The minimum absolute atomic E-state index is 0.0382. The number of amides is 1. The van der Waals surface area contributed by atoms with E-state index in [0.717, 1.165) is 43.4 Å². The first kappa shape index (κ1) is 21.7. The molecule has 2 aromatic carbocycles. The maximum absolute atomic E-state index is 13.6. The van der Waals surface area contributed by atoms with Crippen LogP contribution in [0.5, 0.6) is 5.75 Å². The van der Waals surface area contributed by atoms with Gasteiger partial charge < -0.3 is 18.8 Å². The van der Waals surface area contributed by atoms with E-state index in [2.05, 4.69) is 6.92 Å². The second kappa shape index (κ2) is 9.40. The van der Waals surface area contributed by atoms with Crippen LogP contribution in [-0.2, 0) is 4.74 Å². The van der Waals surface area contributed by atoms with Gasteiger partial charge in [-0.1, -0.05) is 44.0 Å². The van der Waals surface area contributed by atoms with Crippen molar-refractivity contribution in [3.05, 3.63) is 75.6 Å². The van der Waals surface area contributed by atoms with Gasteiger partial charge in [0.25, 0.3) is 5.91 Å². The second-order valence-corrected chi connectivity index (χ2v) is 8.79. The molecule has 2 aliphatic rings. The molecular weight excluding hydrogens is 418 g/mol. The van der Waals surface area contributed by atoms with Gasteiger partial charge in [-0.05, 0) is 49.1 Å². The summed E-state index contributed by atoms with van der Waals surface area (Å²) in [4.78, 5) is 28.8. The molecule has 0 N–H and O–H groups in total. The van der Waals surface area contributed by atoms with Crippen LogP contribution in [0.1, 0.15) is 66.8 Å². The summed E-state index contributed by atoms with van der Waals surface area (Å²) >= 11 is 0. The highest BCUT2D eigenvalue weighted by molar-refractivity contribution is 5.99. The monoisotopic (exact) mass is 447 g/mol. The maximum atomic E-state index is 13.6. The van der Waals surface area contributed by atoms with E-state index in [1.54, 1.807) is 23.1 Å². The lowest BCUT2D eigenvalue weighted by molar-refractivity contribution is 0.0486. The molecule has 1 saturated heterocycles. The topological polar surface area (TPSA) is 69.0 Å². The SMILES string of the molecule is CCCCCOc1cccc([C@H]2c3c(oc4ccccc4c3=O)C(=O)N2C[C@@H]2CCCO2)c1. The number of para-hydroxylation sites is 1. The molecule has 0 aliphatic carbocycles. The van der Waals surface area contributed by atoms with E-state index in [4.69, 9.17) is 13.9 Å². The van der Waals surface area contributed by atoms with Gasteiger partial charge in [0.2, 0.25) is 5.76 Å². The summed E-state index contributed by atoms with van der Waals surface area (Å²) in [6.07, 6.45) is 5.08. The van der Waals surface area contributed by atoms with Gasteiger partial charge in [0, 0.05) is 13.2 Å². The van der Waals surface area contributed by atoms with Gasteiger partial charge in [-0.3, -0.25) is 9.59 Å². The zero-order valence-electron chi connectivity index (χ0n) is 18.9. The van der Waals surface area contributed by atoms with E-state index in [-0.39, 0.29) is 23.2 Å². The summed E-state index contributed by atoms with van der Waals surface area (Å²) < 4.78 is 17.8. The largest absolute Gasteiger partial charge is 0.494 e. The van der Waals surface area contributed by atoms with Crippen molar-refractivity contribution < 1.29 is 18.7 Å². The van der Waals surface area contributed by atoms with E-state index in [1.165, 1.54) is 0 Å². The summed E-state index contributed by atoms with van der Waals surface area (Å²) in [5, 5.41) is 0.486. The average molecular weight is 448 g/mol. The highest BCUT2D eigenvalue weighted by atomic mass is 16.5. The molecule has 1 amide bonds. The lowest BCUT2D eigenvalue weighted by atomic mass is 9.98. The number of carbonyl (C=O) groups excluding carboxylic acids is 1. The van der Waals surface area contributed by atoms with Crippen LogP contribution in [0.25, 0.3) is 11.0 Å². The fourth-order valence-corrected chi connectivity index (χ4v) is 4.83. The van der Waals surface area contributed by atoms with E-state index in [0.29, 0.717) is 36.3 Å². The van der Waals surface area contributed by atoms with Crippen molar-refractivity contribution in [2.75, 3.05) is 19.8 Å². The molecule has 3 aromatic rings. The molecule has 1 fully saturated rings. The highest BCUT2D eigenvalue weighted by Crippen LogP contribution is 2.39. The first-order chi connectivity index (χ1) is 16.2. The Kier molecular flexibility index (Phi) is 6.18. The standard InChI is InChI=1S/C27H29NO5/c1-2-3-6-14-31-19-10-7-9-18(16-19)24-23-25(29)21-12-4-5-13-22(21)33-26(23)27(30)28(24)17-20-11-8-15-32-20/h4-5,7,9-10,12-13,16,20,24H,2-3,6,8,11,14-15,17H2,1H3/t20-,24-/m0/s1. The number of rotatable bonds is 8. The normalized spacial score (nSPS) is 19.9. The molecule has 0 spiro atoms. The zero-order chi connectivity index (χ0) is 22.8. The number of benzene rings is 2. The van der Waals surface area contributed by atoms with E-state index >= 15 is 0 Å². The summed E-state index contributed by atoms with van der Waals surface area (Å²) in [6.45, 7) is 3.93. The van der Waals surface area contributed by atoms with Gasteiger partial charge in [-0.25, -0.2) is 0 Å². The third-order valence-corrected chi connectivity index (χ3v) is 6.49. The number of hydrogen-bond acceptors (Lipinski definition) is 5. The van der Waals surface area contributed by atoms with Crippen LogP contribution < -0.4 is 10.2 Å². The number of hydrogen-bond donors (Lipinski definition) is 0. The van der Waals surface area contributed by atoms with Crippen LogP contribution in [0.4, 0.5) is 0 Å². The van der Waals surface area contributed by atoms with Crippen molar-refractivity contribution in [3.8, 4) is 5.75 Å². The fourth-order valence-electron chi connectivity index (χ4n) is 4.83. The van der Waals surface area contributed by atoms with Crippen LogP contribution in [0, 0.1) is 0 Å². The quantitative estimate of drug-likeness (QED) is 0.450. The summed E-state index contributed by atoms with van der Waals surface area (Å²) in [6, 6.07) is 14.3. The minimum atomic E-state index is -0.531. The van der Waals surface area contributed by atoms with Gasteiger partial charge in [-0.2, -0.15) is 0 Å². The predicted octanol–water partition coefficient (Wildman–Crippen LogP) is 5.09. The van der Waals surface area contributed by atoms with Gasteiger partial charge in [-0.15, -0.1) is 0 Å². The first-order valence-corrected chi connectivity index (χ1v) is 11.9. The van der Waals surface area contributed by atoms with Gasteiger partial charge in [0.15, 0.2) is 5.43 Å². The van der Waals surface area contributed by atoms with Crippen molar-refractivity contribution in [3.63, 3.8) is 0 Å². The number of fused-ring (bicyclic) bond motifs is 2. The Morgan fingerprint density at radius 2 is 1.97 bits per heavy atom. The van der Waals surface area contributed by atoms with Crippen molar-refractivity contribution in [1.29, 1.82) is 0 Å². The van der Waals surface area contributed by atoms with Crippen LogP contribution in [-0.4, -0.2) is 36.7 Å². The zero-order valence-corrected chi connectivity index (χ0v) is 18.9. The molecule has 33 heavy (non-hydrogen) atoms. The van der Waals surface area contributed by atoms with E-state index < -0.39 is 6.04 Å². The van der Waals surface area contributed by atoms with E-state index in [9.17, 15) is 9.59 Å². The Balaban J connectivity index is 1.57. The number of ether oxygens (including phenoxy) is 2. The van der Waals surface area contributed by atoms with Gasteiger partial charge in [0.05, 0.1) is 29.7 Å². The molecule has 3 heterocycles. The van der Waals surface area contributed by atoms with Gasteiger partial charge in [0.1, 0.15) is 11.3 Å². The molecule has 172 valence electrons. The van der Waals surface area contributed by atoms with Crippen LogP contribution in [0.2, 0.25) is 0 Å². The number of nitrogens with zero attached hydrogens (tertiary/aromatic N) is 1. The van der Waals surface area contributed by atoms with Crippen LogP contribution in [0.15, 0.2) is 57.7 Å². The Morgan fingerprint density at radius 3 is 2.79 bits per heavy atom. The summed E-state index contributed by atoms with van der Waals surface area (Å²) in [7, 11) is 0. The van der Waals surface area contributed by atoms with Crippen molar-refractivity contribution in [2.45, 2.75) is 51.2 Å². The molecule has 0 unspecified atom stereocenters. The van der Waals surface area contributed by atoms with E-state index in [1.807, 2.05) is 30.3 Å². The average Bonchev–Trinajstić information content (AvgIpc) is 3.45. The predicted molar refractivity (Wildman–Crippen MR) is 126 cm³/mol.